The van der Waals surface area contributed by atoms with E-state index in [9.17, 15) is 19.2 Å². The van der Waals surface area contributed by atoms with Crippen molar-refractivity contribution in [2.75, 3.05) is 27.3 Å². The number of carbonyl (C=O) groups is 4. The van der Waals surface area contributed by atoms with E-state index in [1.807, 2.05) is 0 Å². The number of urea groups is 1. The predicted molar refractivity (Wildman–Crippen MR) is 61.2 cm³/mol. The van der Waals surface area contributed by atoms with Gasteiger partial charge in [0.05, 0.1) is 14.2 Å². The lowest BCUT2D eigenvalue weighted by Crippen LogP contribution is -2.50. The third-order valence-corrected chi connectivity index (χ3v) is 2.09. The van der Waals surface area contributed by atoms with Crippen LogP contribution >= 0.6 is 0 Å². The maximum absolute atomic E-state index is 11.7. The lowest BCUT2D eigenvalue weighted by atomic mass is 10.3. The van der Waals surface area contributed by atoms with Gasteiger partial charge in [-0.1, -0.05) is 0 Å². The highest BCUT2D eigenvalue weighted by molar-refractivity contribution is 5.87. The van der Waals surface area contributed by atoms with Gasteiger partial charge >= 0.3 is 23.9 Å². The van der Waals surface area contributed by atoms with Crippen molar-refractivity contribution in [2.24, 2.45) is 0 Å². The molecular weight excluding hydrogens is 260 g/mol. The molecule has 0 heterocycles. The number of ether oxygens (including phenoxy) is 2. The number of rotatable bonds is 6. The number of esters is 2. The standard InChI is InChI=1S/C10H16N2O7/c1-6(9(15)16)11-10(17)12(4-7(13)18-2)5-8(14)19-3/h6H,4-5H2,1-3H3,(H,11,17)(H,15,16)/t6-/m0/s1. The van der Waals surface area contributed by atoms with Crippen molar-refractivity contribution < 1.29 is 33.8 Å². The Morgan fingerprint density at radius 1 is 1.11 bits per heavy atom. The topological polar surface area (TPSA) is 122 Å². The fraction of sp³-hybridized carbons (Fsp3) is 0.600. The van der Waals surface area contributed by atoms with Gasteiger partial charge in [0.15, 0.2) is 0 Å². The van der Waals surface area contributed by atoms with Crippen LogP contribution in [0.4, 0.5) is 4.79 Å². The van der Waals surface area contributed by atoms with Crippen LogP contribution in [0.1, 0.15) is 6.92 Å². The van der Waals surface area contributed by atoms with Gasteiger partial charge in [-0.05, 0) is 6.92 Å². The molecule has 0 aromatic heterocycles. The van der Waals surface area contributed by atoms with E-state index in [1.54, 1.807) is 0 Å². The van der Waals surface area contributed by atoms with Crippen LogP contribution in [0.15, 0.2) is 0 Å². The Morgan fingerprint density at radius 2 is 1.53 bits per heavy atom. The third kappa shape index (κ3) is 6.24. The lowest BCUT2D eigenvalue weighted by molar-refractivity contribution is -0.144. The Bertz CT molecular complexity index is 351. The highest BCUT2D eigenvalue weighted by Gasteiger charge is 2.23. The summed E-state index contributed by atoms with van der Waals surface area (Å²) in [4.78, 5) is 45.3. The van der Waals surface area contributed by atoms with E-state index in [2.05, 4.69) is 14.8 Å². The second-order valence-electron chi connectivity index (χ2n) is 3.52. The fourth-order valence-corrected chi connectivity index (χ4v) is 0.979. The summed E-state index contributed by atoms with van der Waals surface area (Å²) in [6.07, 6.45) is 0. The van der Waals surface area contributed by atoms with Crippen LogP contribution in [0, 0.1) is 0 Å². The monoisotopic (exact) mass is 276 g/mol. The molecule has 0 aliphatic heterocycles. The van der Waals surface area contributed by atoms with Gasteiger partial charge < -0.3 is 24.8 Å². The first-order valence-corrected chi connectivity index (χ1v) is 5.23. The van der Waals surface area contributed by atoms with Gasteiger partial charge in [0.1, 0.15) is 19.1 Å². The average Bonchev–Trinajstić information content (AvgIpc) is 2.36. The highest BCUT2D eigenvalue weighted by Crippen LogP contribution is 1.95. The second kappa shape index (κ2) is 7.90. The smallest absolute Gasteiger partial charge is 0.325 e. The van der Waals surface area contributed by atoms with E-state index in [0.29, 0.717) is 0 Å². The molecule has 0 aliphatic carbocycles. The summed E-state index contributed by atoms with van der Waals surface area (Å²) in [5.41, 5.74) is 0. The van der Waals surface area contributed by atoms with Crippen LogP contribution in [0.25, 0.3) is 0 Å². The fourth-order valence-electron chi connectivity index (χ4n) is 0.979. The first-order valence-electron chi connectivity index (χ1n) is 5.23. The zero-order valence-corrected chi connectivity index (χ0v) is 10.8. The Kier molecular flexibility index (Phi) is 6.94. The first-order chi connectivity index (χ1) is 8.81. The molecule has 0 fully saturated rings. The minimum Gasteiger partial charge on any atom is -0.480 e. The normalized spacial score (nSPS) is 11.1. The number of nitrogens with one attached hydrogen (secondary N) is 1. The molecule has 108 valence electrons. The number of carboxylic acids is 1. The number of nitrogens with zero attached hydrogens (tertiary/aromatic N) is 1. The number of carboxylic acid groups (broad SMARTS) is 1. The number of carbonyl (C=O) groups excluding carboxylic acids is 3. The van der Waals surface area contributed by atoms with Gasteiger partial charge in [0, 0.05) is 0 Å². The Balaban J connectivity index is 4.71. The number of hydrogen-bond acceptors (Lipinski definition) is 6. The van der Waals surface area contributed by atoms with Crippen LogP contribution in [0.3, 0.4) is 0 Å². The molecule has 0 saturated carbocycles. The van der Waals surface area contributed by atoms with E-state index >= 15 is 0 Å². The molecule has 19 heavy (non-hydrogen) atoms. The average molecular weight is 276 g/mol. The van der Waals surface area contributed by atoms with Crippen molar-refractivity contribution in [1.82, 2.24) is 10.2 Å². The minimum absolute atomic E-state index is 0.496. The predicted octanol–water partition coefficient (Wildman–Crippen LogP) is -1.18. The highest BCUT2D eigenvalue weighted by atomic mass is 16.5. The van der Waals surface area contributed by atoms with Gasteiger partial charge in [-0.3, -0.25) is 14.4 Å². The number of aliphatic carboxylic acids is 1. The maximum atomic E-state index is 11.7. The van der Waals surface area contributed by atoms with Gasteiger partial charge in [0.25, 0.3) is 0 Å². The van der Waals surface area contributed by atoms with Crippen molar-refractivity contribution in [2.45, 2.75) is 13.0 Å². The SMILES string of the molecule is COC(=O)CN(CC(=O)OC)C(=O)N[C@@H](C)C(=O)O. The maximum Gasteiger partial charge on any atom is 0.325 e. The molecule has 0 radical (unpaired) electrons. The van der Waals surface area contributed by atoms with E-state index in [4.69, 9.17) is 5.11 Å². The Labute approximate surface area is 109 Å². The molecule has 0 saturated heterocycles. The minimum atomic E-state index is -1.25. The van der Waals surface area contributed by atoms with Crippen molar-refractivity contribution in [3.05, 3.63) is 0 Å². The molecule has 0 aliphatic rings. The molecule has 0 aromatic rings. The number of hydrogen-bond donors (Lipinski definition) is 2. The second-order valence-corrected chi connectivity index (χ2v) is 3.52. The summed E-state index contributed by atoms with van der Waals surface area (Å²) in [5.74, 6) is -2.74. The molecular formula is C10H16N2O7. The van der Waals surface area contributed by atoms with Crippen molar-refractivity contribution in [3.8, 4) is 0 Å². The van der Waals surface area contributed by atoms with Crippen LogP contribution < -0.4 is 5.32 Å². The lowest BCUT2D eigenvalue weighted by Gasteiger charge is -2.21. The van der Waals surface area contributed by atoms with Crippen LogP contribution in [0.5, 0.6) is 0 Å². The van der Waals surface area contributed by atoms with Gasteiger partial charge in [0.2, 0.25) is 0 Å². The first kappa shape index (κ1) is 16.7. The Hall–Kier alpha value is -2.32. The molecule has 0 aromatic carbocycles. The van der Waals surface area contributed by atoms with E-state index in [1.165, 1.54) is 6.92 Å². The van der Waals surface area contributed by atoms with E-state index < -0.39 is 43.1 Å². The van der Waals surface area contributed by atoms with Crippen molar-refractivity contribution in [3.63, 3.8) is 0 Å². The summed E-state index contributed by atoms with van der Waals surface area (Å²) >= 11 is 0. The molecule has 0 spiro atoms. The van der Waals surface area contributed by atoms with Crippen LogP contribution in [-0.4, -0.2) is 67.3 Å². The van der Waals surface area contributed by atoms with Crippen LogP contribution in [0.2, 0.25) is 0 Å². The molecule has 0 bridgehead atoms. The largest absolute Gasteiger partial charge is 0.480 e. The van der Waals surface area contributed by atoms with Gasteiger partial charge in [-0.2, -0.15) is 0 Å². The summed E-state index contributed by atoms with van der Waals surface area (Å²) in [5, 5.41) is 10.8. The zero-order valence-electron chi connectivity index (χ0n) is 10.8. The van der Waals surface area contributed by atoms with Crippen molar-refractivity contribution >= 4 is 23.9 Å². The van der Waals surface area contributed by atoms with E-state index in [-0.39, 0.29) is 0 Å². The Morgan fingerprint density at radius 3 is 1.84 bits per heavy atom. The van der Waals surface area contributed by atoms with E-state index in [0.717, 1.165) is 19.1 Å². The molecule has 2 N–H and O–H groups in total. The van der Waals surface area contributed by atoms with Gasteiger partial charge in [-0.25, -0.2) is 4.79 Å². The zero-order chi connectivity index (χ0) is 15.0. The molecule has 9 heteroatoms. The summed E-state index contributed by atoms with van der Waals surface area (Å²) < 4.78 is 8.74. The molecule has 0 unspecified atom stereocenters. The number of methoxy groups -OCH3 is 2. The molecule has 2 amide bonds. The molecule has 1 atom stereocenters. The molecule has 0 rings (SSSR count). The summed E-state index contributed by atoms with van der Waals surface area (Å²) in [6, 6.07) is -2.05. The molecule has 9 nitrogen and oxygen atoms in total. The number of amides is 2. The quantitative estimate of drug-likeness (QED) is 0.585. The van der Waals surface area contributed by atoms with Crippen LogP contribution in [-0.2, 0) is 23.9 Å². The van der Waals surface area contributed by atoms with Crippen molar-refractivity contribution in [1.29, 1.82) is 0 Å². The summed E-state index contributed by atoms with van der Waals surface area (Å²) in [6.45, 7) is 0.252. The summed E-state index contributed by atoms with van der Waals surface area (Å²) in [7, 11) is 2.24. The third-order valence-electron chi connectivity index (χ3n) is 2.09. The van der Waals surface area contributed by atoms with Gasteiger partial charge in [-0.15, -0.1) is 0 Å².